The first kappa shape index (κ1) is 21.5. The molecule has 2 amide bonds. The lowest BCUT2D eigenvalue weighted by atomic mass is 10.2. The number of nitrogens with zero attached hydrogens (tertiary/aromatic N) is 4. The summed E-state index contributed by atoms with van der Waals surface area (Å²) < 4.78 is 1.31. The molecule has 0 spiro atoms. The van der Waals surface area contributed by atoms with Gasteiger partial charge in [-0.1, -0.05) is 48.5 Å². The number of hydrogen-bond donors (Lipinski definition) is 1. The maximum Gasteiger partial charge on any atom is 0.274 e. The van der Waals surface area contributed by atoms with Crippen LogP contribution >= 0.6 is 0 Å². The van der Waals surface area contributed by atoms with E-state index < -0.39 is 0 Å². The molecule has 1 aromatic heterocycles. The van der Waals surface area contributed by atoms with Gasteiger partial charge in [0, 0.05) is 37.9 Å². The number of nitrogens with one attached hydrogen (secondary N) is 1. The first-order chi connectivity index (χ1) is 15.6. The Morgan fingerprint density at radius 3 is 2.19 bits per heavy atom. The monoisotopic (exact) mass is 431 g/mol. The van der Waals surface area contributed by atoms with Crippen molar-refractivity contribution in [1.29, 1.82) is 0 Å². The van der Waals surface area contributed by atoms with Crippen LogP contribution in [0.2, 0.25) is 0 Å². The fourth-order valence-electron chi connectivity index (χ4n) is 3.63. The Morgan fingerprint density at radius 2 is 1.50 bits per heavy atom. The molecule has 1 saturated heterocycles. The molecule has 1 fully saturated rings. The van der Waals surface area contributed by atoms with E-state index in [9.17, 15) is 14.4 Å². The molecule has 8 nitrogen and oxygen atoms in total. The molecular weight excluding hydrogens is 406 g/mol. The van der Waals surface area contributed by atoms with Crippen molar-refractivity contribution >= 4 is 17.5 Å². The number of anilines is 1. The highest BCUT2D eigenvalue weighted by atomic mass is 16.2. The molecule has 0 atom stereocenters. The molecule has 2 heterocycles. The predicted octanol–water partition coefficient (Wildman–Crippen LogP) is 1.69. The van der Waals surface area contributed by atoms with Crippen molar-refractivity contribution in [2.24, 2.45) is 0 Å². The molecule has 0 saturated carbocycles. The van der Waals surface area contributed by atoms with Crippen LogP contribution in [0.1, 0.15) is 16.1 Å². The van der Waals surface area contributed by atoms with Crippen LogP contribution in [0.5, 0.6) is 0 Å². The van der Waals surface area contributed by atoms with Gasteiger partial charge in [-0.3, -0.25) is 19.3 Å². The number of aromatic nitrogens is 2. The normalized spacial score (nSPS) is 14.2. The summed E-state index contributed by atoms with van der Waals surface area (Å²) in [6, 6.07) is 21.7. The zero-order chi connectivity index (χ0) is 22.3. The number of carbonyl (C=O) groups excluding carboxylic acids is 2. The van der Waals surface area contributed by atoms with Gasteiger partial charge in [-0.2, -0.15) is 5.10 Å². The van der Waals surface area contributed by atoms with E-state index in [1.807, 2.05) is 65.6 Å². The maximum atomic E-state index is 12.9. The van der Waals surface area contributed by atoms with E-state index >= 15 is 0 Å². The Hall–Kier alpha value is -3.78. The molecule has 8 heteroatoms. The maximum absolute atomic E-state index is 12.9. The lowest BCUT2D eigenvalue weighted by Gasteiger charge is -2.34. The number of carbonyl (C=O) groups is 2. The Bertz CT molecular complexity index is 1120. The van der Waals surface area contributed by atoms with Gasteiger partial charge in [0.05, 0.1) is 13.1 Å². The van der Waals surface area contributed by atoms with Gasteiger partial charge in [0.25, 0.3) is 11.5 Å². The fraction of sp³-hybridized carbons (Fsp3) is 0.250. The van der Waals surface area contributed by atoms with Gasteiger partial charge in [0.1, 0.15) is 5.69 Å². The summed E-state index contributed by atoms with van der Waals surface area (Å²) in [7, 11) is 0. The van der Waals surface area contributed by atoms with Crippen molar-refractivity contribution < 1.29 is 9.59 Å². The predicted molar refractivity (Wildman–Crippen MR) is 121 cm³/mol. The lowest BCUT2D eigenvalue weighted by Crippen LogP contribution is -2.50. The highest BCUT2D eigenvalue weighted by Crippen LogP contribution is 2.09. The van der Waals surface area contributed by atoms with E-state index in [1.54, 1.807) is 4.90 Å². The number of piperazine rings is 1. The molecule has 1 aliphatic heterocycles. The minimum Gasteiger partial charge on any atom is -0.335 e. The minimum absolute atomic E-state index is 0.0781. The van der Waals surface area contributed by atoms with Gasteiger partial charge in [-0.25, -0.2) is 4.68 Å². The zero-order valence-corrected chi connectivity index (χ0v) is 17.7. The lowest BCUT2D eigenvalue weighted by molar-refractivity contribution is -0.117. The van der Waals surface area contributed by atoms with E-state index in [2.05, 4.69) is 10.4 Å². The van der Waals surface area contributed by atoms with E-state index in [0.29, 0.717) is 32.7 Å². The summed E-state index contributed by atoms with van der Waals surface area (Å²) in [5.74, 6) is -0.286. The molecule has 3 aromatic rings. The second kappa shape index (κ2) is 10.0. The SMILES string of the molecule is O=C(CN1CCN(C(=O)c2ccc(=O)n(Cc3ccccc3)n2)CC1)Nc1ccccc1. The standard InChI is InChI=1S/C24H25N5O3/c30-22(25-20-9-5-2-6-10-20)18-27-13-15-28(16-14-27)24(32)21-11-12-23(31)29(26-21)17-19-7-3-1-4-8-19/h1-12H,13-18H2,(H,25,30). The van der Waals surface area contributed by atoms with Gasteiger partial charge < -0.3 is 10.2 Å². The van der Waals surface area contributed by atoms with Gasteiger partial charge in [0.2, 0.25) is 5.91 Å². The summed E-state index contributed by atoms with van der Waals surface area (Å²) in [5.41, 5.74) is 1.70. The van der Waals surface area contributed by atoms with Crippen LogP contribution < -0.4 is 10.9 Å². The van der Waals surface area contributed by atoms with Crippen LogP contribution in [0, 0.1) is 0 Å². The Labute approximate surface area is 186 Å². The second-order valence-corrected chi connectivity index (χ2v) is 7.68. The van der Waals surface area contributed by atoms with Crippen molar-refractivity contribution in [2.75, 3.05) is 38.0 Å². The average Bonchev–Trinajstić information content (AvgIpc) is 2.82. The molecule has 4 rings (SSSR count). The van der Waals surface area contributed by atoms with Crippen LogP contribution in [0.25, 0.3) is 0 Å². The van der Waals surface area contributed by atoms with Crippen molar-refractivity contribution in [1.82, 2.24) is 19.6 Å². The molecule has 0 bridgehead atoms. The smallest absolute Gasteiger partial charge is 0.274 e. The average molecular weight is 431 g/mol. The van der Waals surface area contributed by atoms with Gasteiger partial charge >= 0.3 is 0 Å². The number of hydrogen-bond acceptors (Lipinski definition) is 5. The summed E-state index contributed by atoms with van der Waals surface area (Å²) in [4.78, 5) is 41.1. The molecule has 164 valence electrons. The molecule has 0 unspecified atom stereocenters. The number of rotatable bonds is 6. The van der Waals surface area contributed by atoms with Crippen molar-refractivity contribution in [3.05, 3.63) is 94.4 Å². The third-order valence-corrected chi connectivity index (χ3v) is 5.35. The van der Waals surface area contributed by atoms with Crippen LogP contribution in [-0.4, -0.2) is 64.1 Å². The van der Waals surface area contributed by atoms with E-state index in [4.69, 9.17) is 0 Å². The van der Waals surface area contributed by atoms with Crippen LogP contribution in [-0.2, 0) is 11.3 Å². The molecule has 0 aliphatic carbocycles. The first-order valence-corrected chi connectivity index (χ1v) is 10.6. The van der Waals surface area contributed by atoms with Crippen molar-refractivity contribution in [3.63, 3.8) is 0 Å². The Kier molecular flexibility index (Phi) is 6.72. The number of para-hydroxylation sites is 1. The molecule has 1 N–H and O–H groups in total. The third kappa shape index (κ3) is 5.47. The topological polar surface area (TPSA) is 87.5 Å². The van der Waals surface area contributed by atoms with E-state index in [0.717, 1.165) is 11.3 Å². The molecule has 2 aromatic carbocycles. The minimum atomic E-state index is -0.250. The Balaban J connectivity index is 1.33. The molecule has 0 radical (unpaired) electrons. The number of amides is 2. The zero-order valence-electron chi connectivity index (χ0n) is 17.7. The van der Waals surface area contributed by atoms with Crippen LogP contribution in [0.3, 0.4) is 0 Å². The summed E-state index contributed by atoms with van der Waals surface area (Å²) >= 11 is 0. The quantitative estimate of drug-likeness (QED) is 0.642. The summed E-state index contributed by atoms with van der Waals surface area (Å²) in [5, 5.41) is 7.17. The van der Waals surface area contributed by atoms with Crippen LogP contribution in [0.4, 0.5) is 5.69 Å². The first-order valence-electron chi connectivity index (χ1n) is 10.6. The third-order valence-electron chi connectivity index (χ3n) is 5.35. The molecular formula is C24H25N5O3. The van der Waals surface area contributed by atoms with E-state index in [1.165, 1.54) is 16.8 Å². The van der Waals surface area contributed by atoms with Crippen molar-refractivity contribution in [2.45, 2.75) is 6.54 Å². The van der Waals surface area contributed by atoms with Gasteiger partial charge in [-0.15, -0.1) is 0 Å². The molecule has 1 aliphatic rings. The largest absolute Gasteiger partial charge is 0.335 e. The van der Waals surface area contributed by atoms with Gasteiger partial charge in [-0.05, 0) is 23.8 Å². The molecule has 32 heavy (non-hydrogen) atoms. The second-order valence-electron chi connectivity index (χ2n) is 7.68. The van der Waals surface area contributed by atoms with E-state index in [-0.39, 0.29) is 29.6 Å². The highest BCUT2D eigenvalue weighted by Gasteiger charge is 2.24. The van der Waals surface area contributed by atoms with Crippen LogP contribution in [0.15, 0.2) is 77.6 Å². The highest BCUT2D eigenvalue weighted by molar-refractivity contribution is 5.93. The van der Waals surface area contributed by atoms with Gasteiger partial charge in [0.15, 0.2) is 0 Å². The Morgan fingerprint density at radius 1 is 0.844 bits per heavy atom. The fourth-order valence-corrected chi connectivity index (χ4v) is 3.63. The number of benzene rings is 2. The summed E-state index contributed by atoms with van der Waals surface area (Å²) in [6.07, 6.45) is 0. The summed E-state index contributed by atoms with van der Waals surface area (Å²) in [6.45, 7) is 2.77. The van der Waals surface area contributed by atoms with Crippen molar-refractivity contribution in [3.8, 4) is 0 Å².